The molecule has 0 N–H and O–H groups in total. The van der Waals surface area contributed by atoms with Gasteiger partial charge in [-0.15, -0.1) is 0 Å². The Kier molecular flexibility index (Phi) is 6.65. The maximum Gasteiger partial charge on any atom is 0.307 e. The number of ether oxygens (including phenoxy) is 2. The SMILES string of the molecule is CCOC(=O)CC(CC)(COC)N1CCCCC1. The highest BCUT2D eigenvalue weighted by Crippen LogP contribution is 2.28. The largest absolute Gasteiger partial charge is 0.466 e. The van der Waals surface area contributed by atoms with Crippen LogP contribution in [0.3, 0.4) is 0 Å². The number of rotatable bonds is 7. The number of esters is 1. The average Bonchev–Trinajstić information content (AvgIpc) is 2.39. The molecule has 0 aromatic heterocycles. The minimum absolute atomic E-state index is 0.109. The molecule has 1 unspecified atom stereocenters. The van der Waals surface area contributed by atoms with Crippen molar-refractivity contribution in [2.24, 2.45) is 0 Å². The van der Waals surface area contributed by atoms with Gasteiger partial charge in [-0.05, 0) is 39.3 Å². The molecule has 0 aromatic carbocycles. The molecule has 1 fully saturated rings. The molecule has 1 saturated heterocycles. The lowest BCUT2D eigenvalue weighted by Crippen LogP contribution is -2.54. The topological polar surface area (TPSA) is 38.8 Å². The van der Waals surface area contributed by atoms with Gasteiger partial charge in [0.1, 0.15) is 0 Å². The normalized spacial score (nSPS) is 20.4. The molecule has 0 amide bonds. The van der Waals surface area contributed by atoms with Crippen LogP contribution in [0.1, 0.15) is 46.0 Å². The number of carbonyl (C=O) groups excluding carboxylic acids is 1. The molecule has 0 spiro atoms. The van der Waals surface area contributed by atoms with Gasteiger partial charge in [0, 0.05) is 7.11 Å². The lowest BCUT2D eigenvalue weighted by molar-refractivity contribution is -0.148. The fourth-order valence-corrected chi connectivity index (χ4v) is 2.82. The van der Waals surface area contributed by atoms with E-state index in [1.807, 2.05) is 6.92 Å². The van der Waals surface area contributed by atoms with Crippen LogP contribution in [0.2, 0.25) is 0 Å². The van der Waals surface area contributed by atoms with Crippen molar-refractivity contribution >= 4 is 5.97 Å². The second-order valence-corrected chi connectivity index (χ2v) is 5.04. The molecule has 1 rings (SSSR count). The molecule has 18 heavy (non-hydrogen) atoms. The van der Waals surface area contributed by atoms with Crippen LogP contribution >= 0.6 is 0 Å². The van der Waals surface area contributed by atoms with E-state index in [9.17, 15) is 4.79 Å². The number of piperidine rings is 1. The predicted octanol–water partition coefficient (Wildman–Crippen LogP) is 2.22. The van der Waals surface area contributed by atoms with Gasteiger partial charge in [0.05, 0.1) is 25.2 Å². The van der Waals surface area contributed by atoms with E-state index in [1.165, 1.54) is 19.3 Å². The van der Waals surface area contributed by atoms with E-state index in [0.717, 1.165) is 19.5 Å². The van der Waals surface area contributed by atoms with E-state index in [4.69, 9.17) is 9.47 Å². The number of nitrogens with zero attached hydrogens (tertiary/aromatic N) is 1. The predicted molar refractivity (Wildman–Crippen MR) is 71.6 cm³/mol. The van der Waals surface area contributed by atoms with E-state index in [2.05, 4.69) is 11.8 Å². The molecule has 0 saturated carbocycles. The van der Waals surface area contributed by atoms with Gasteiger partial charge in [0.25, 0.3) is 0 Å². The molecular weight excluding hydrogens is 230 g/mol. The van der Waals surface area contributed by atoms with E-state index in [-0.39, 0.29) is 11.5 Å². The molecule has 1 aliphatic rings. The lowest BCUT2D eigenvalue weighted by Gasteiger charge is -2.44. The third-order valence-corrected chi connectivity index (χ3v) is 3.88. The first-order valence-electron chi connectivity index (χ1n) is 7.08. The Morgan fingerprint density at radius 2 is 1.89 bits per heavy atom. The summed E-state index contributed by atoms with van der Waals surface area (Å²) in [6.07, 6.45) is 5.08. The summed E-state index contributed by atoms with van der Waals surface area (Å²) in [6, 6.07) is 0. The third kappa shape index (κ3) is 3.95. The maximum absolute atomic E-state index is 11.8. The smallest absolute Gasteiger partial charge is 0.307 e. The Balaban J connectivity index is 2.74. The number of likely N-dealkylation sites (tertiary alicyclic amines) is 1. The summed E-state index contributed by atoms with van der Waals surface area (Å²) < 4.78 is 10.5. The second kappa shape index (κ2) is 7.74. The van der Waals surface area contributed by atoms with E-state index in [0.29, 0.717) is 19.6 Å². The molecule has 1 heterocycles. The fraction of sp³-hybridized carbons (Fsp3) is 0.929. The monoisotopic (exact) mass is 257 g/mol. The van der Waals surface area contributed by atoms with Crippen LogP contribution in [-0.2, 0) is 14.3 Å². The molecule has 1 atom stereocenters. The quantitative estimate of drug-likeness (QED) is 0.656. The summed E-state index contributed by atoms with van der Waals surface area (Å²) in [4.78, 5) is 14.3. The molecule has 0 radical (unpaired) electrons. The van der Waals surface area contributed by atoms with Gasteiger partial charge in [0.2, 0.25) is 0 Å². The van der Waals surface area contributed by atoms with E-state index >= 15 is 0 Å². The van der Waals surface area contributed by atoms with Gasteiger partial charge in [-0.3, -0.25) is 9.69 Å². The van der Waals surface area contributed by atoms with Crippen molar-refractivity contribution in [2.45, 2.75) is 51.5 Å². The molecule has 0 aromatic rings. The van der Waals surface area contributed by atoms with Crippen LogP contribution in [0.25, 0.3) is 0 Å². The Bertz CT molecular complexity index is 251. The van der Waals surface area contributed by atoms with Gasteiger partial charge in [0.15, 0.2) is 0 Å². The highest BCUT2D eigenvalue weighted by Gasteiger charge is 2.38. The Morgan fingerprint density at radius 1 is 1.22 bits per heavy atom. The summed E-state index contributed by atoms with van der Waals surface area (Å²) in [7, 11) is 1.71. The highest BCUT2D eigenvalue weighted by molar-refractivity contribution is 5.71. The van der Waals surface area contributed by atoms with Gasteiger partial charge < -0.3 is 9.47 Å². The van der Waals surface area contributed by atoms with Crippen LogP contribution in [0, 0.1) is 0 Å². The molecule has 106 valence electrons. The minimum atomic E-state index is -0.179. The number of methoxy groups -OCH3 is 1. The van der Waals surface area contributed by atoms with E-state index < -0.39 is 0 Å². The van der Waals surface area contributed by atoms with Crippen molar-refractivity contribution in [2.75, 3.05) is 33.4 Å². The molecule has 4 heteroatoms. The second-order valence-electron chi connectivity index (χ2n) is 5.04. The van der Waals surface area contributed by atoms with Gasteiger partial charge in [-0.2, -0.15) is 0 Å². The van der Waals surface area contributed by atoms with Gasteiger partial charge >= 0.3 is 5.97 Å². The van der Waals surface area contributed by atoms with Gasteiger partial charge in [-0.25, -0.2) is 0 Å². The molecular formula is C14H27NO3. The summed E-state index contributed by atoms with van der Waals surface area (Å²) in [6.45, 7) is 7.16. The van der Waals surface area contributed by atoms with Crippen LogP contribution in [-0.4, -0.2) is 49.8 Å². The first kappa shape index (κ1) is 15.4. The third-order valence-electron chi connectivity index (χ3n) is 3.88. The number of hydrogen-bond acceptors (Lipinski definition) is 4. The Labute approximate surface area is 111 Å². The summed E-state index contributed by atoms with van der Waals surface area (Å²) in [5, 5.41) is 0. The van der Waals surface area contributed by atoms with Crippen molar-refractivity contribution in [3.05, 3.63) is 0 Å². The van der Waals surface area contributed by atoms with Crippen LogP contribution in [0.15, 0.2) is 0 Å². The highest BCUT2D eigenvalue weighted by atomic mass is 16.5. The van der Waals surface area contributed by atoms with E-state index in [1.54, 1.807) is 7.11 Å². The van der Waals surface area contributed by atoms with Crippen molar-refractivity contribution in [3.63, 3.8) is 0 Å². The number of carbonyl (C=O) groups is 1. The molecule has 0 aliphatic carbocycles. The van der Waals surface area contributed by atoms with Crippen LogP contribution < -0.4 is 0 Å². The maximum atomic E-state index is 11.8. The average molecular weight is 257 g/mol. The van der Waals surface area contributed by atoms with Crippen molar-refractivity contribution in [1.29, 1.82) is 0 Å². The zero-order chi connectivity index (χ0) is 13.4. The van der Waals surface area contributed by atoms with Gasteiger partial charge in [-0.1, -0.05) is 13.3 Å². The van der Waals surface area contributed by atoms with Crippen LogP contribution in [0.5, 0.6) is 0 Å². The summed E-state index contributed by atoms with van der Waals surface area (Å²) in [5.74, 6) is -0.109. The first-order chi connectivity index (χ1) is 8.68. The van der Waals surface area contributed by atoms with Crippen molar-refractivity contribution in [1.82, 2.24) is 4.90 Å². The first-order valence-corrected chi connectivity index (χ1v) is 7.08. The Morgan fingerprint density at radius 3 is 2.39 bits per heavy atom. The Hall–Kier alpha value is -0.610. The summed E-state index contributed by atoms with van der Waals surface area (Å²) in [5.41, 5.74) is -0.179. The lowest BCUT2D eigenvalue weighted by atomic mass is 9.88. The zero-order valence-corrected chi connectivity index (χ0v) is 12.0. The zero-order valence-electron chi connectivity index (χ0n) is 12.0. The fourth-order valence-electron chi connectivity index (χ4n) is 2.82. The standard InChI is InChI=1S/C14H27NO3/c1-4-14(12-17-3,11-13(16)18-5-2)15-9-7-6-8-10-15/h4-12H2,1-3H3. The minimum Gasteiger partial charge on any atom is -0.466 e. The van der Waals surface area contributed by atoms with Crippen LogP contribution in [0.4, 0.5) is 0 Å². The van der Waals surface area contributed by atoms with Crippen molar-refractivity contribution in [3.8, 4) is 0 Å². The molecule has 4 nitrogen and oxygen atoms in total. The summed E-state index contributed by atoms with van der Waals surface area (Å²) >= 11 is 0. The molecule has 0 bridgehead atoms. The molecule has 1 aliphatic heterocycles. The number of hydrogen-bond donors (Lipinski definition) is 0. The van der Waals surface area contributed by atoms with Crippen molar-refractivity contribution < 1.29 is 14.3 Å².